The maximum Gasteiger partial charge on any atom is 0.418 e. The summed E-state index contributed by atoms with van der Waals surface area (Å²) in [7, 11) is 2.34. The number of nitrogens with zero attached hydrogens (tertiary/aromatic N) is 3. The van der Waals surface area contributed by atoms with E-state index in [1.165, 1.54) is 25.2 Å². The number of hydrazine groups is 1. The lowest BCUT2D eigenvalue weighted by atomic mass is 10.1. The Morgan fingerprint density at radius 1 is 1.00 bits per heavy atom. The predicted octanol–water partition coefficient (Wildman–Crippen LogP) is 2.67. The fraction of sp³-hybridized carbons (Fsp3) is 0.176. The summed E-state index contributed by atoms with van der Waals surface area (Å²) in [6.45, 7) is 0. The van der Waals surface area contributed by atoms with Crippen LogP contribution >= 0.6 is 0 Å². The standard InChI is InChI=1S/C17H14F3N3O3/c1-22(15(25)12-7-4-3-6-11(12)10-24)23(2)16(26)14-13(17(18,19)20)8-5-9-21-14/h3-10H,1-2H3. The Morgan fingerprint density at radius 2 is 1.62 bits per heavy atom. The highest BCUT2D eigenvalue weighted by Crippen LogP contribution is 2.31. The molecule has 2 amide bonds. The van der Waals surface area contributed by atoms with Gasteiger partial charge in [-0.3, -0.25) is 24.4 Å². The molecule has 6 nitrogen and oxygen atoms in total. The van der Waals surface area contributed by atoms with Crippen molar-refractivity contribution >= 4 is 18.1 Å². The van der Waals surface area contributed by atoms with Gasteiger partial charge in [-0.15, -0.1) is 0 Å². The first kappa shape index (κ1) is 19.1. The van der Waals surface area contributed by atoms with Crippen molar-refractivity contribution < 1.29 is 27.6 Å². The lowest BCUT2D eigenvalue weighted by Gasteiger charge is -2.29. The molecule has 0 spiro atoms. The molecule has 2 rings (SSSR count). The highest BCUT2D eigenvalue weighted by atomic mass is 19.4. The van der Waals surface area contributed by atoms with Gasteiger partial charge in [-0.05, 0) is 18.2 Å². The molecule has 1 heterocycles. The molecule has 0 fully saturated rings. The summed E-state index contributed by atoms with van der Waals surface area (Å²) in [5, 5.41) is 1.53. The zero-order chi connectivity index (χ0) is 19.5. The SMILES string of the molecule is CN(C(=O)c1ccccc1C=O)N(C)C(=O)c1ncccc1C(F)(F)F. The molecular formula is C17H14F3N3O3. The highest BCUT2D eigenvalue weighted by Gasteiger charge is 2.37. The van der Waals surface area contributed by atoms with Crippen LogP contribution in [0.4, 0.5) is 13.2 Å². The minimum Gasteiger partial charge on any atom is -0.298 e. The Morgan fingerprint density at radius 3 is 2.23 bits per heavy atom. The molecule has 0 bridgehead atoms. The van der Waals surface area contributed by atoms with E-state index >= 15 is 0 Å². The number of rotatable bonds is 3. The Balaban J connectivity index is 2.34. The molecule has 1 aromatic heterocycles. The number of carbonyl (C=O) groups excluding carboxylic acids is 3. The van der Waals surface area contributed by atoms with Crippen LogP contribution in [-0.4, -0.2) is 47.2 Å². The van der Waals surface area contributed by atoms with E-state index in [4.69, 9.17) is 0 Å². The summed E-state index contributed by atoms with van der Waals surface area (Å²) in [6.07, 6.45) is -3.24. The van der Waals surface area contributed by atoms with Crippen molar-refractivity contribution in [2.45, 2.75) is 6.18 Å². The van der Waals surface area contributed by atoms with E-state index in [1.54, 1.807) is 6.07 Å². The first-order valence-corrected chi connectivity index (χ1v) is 7.31. The lowest BCUT2D eigenvalue weighted by molar-refractivity contribution is -0.138. The van der Waals surface area contributed by atoms with Gasteiger partial charge in [-0.2, -0.15) is 13.2 Å². The van der Waals surface area contributed by atoms with Gasteiger partial charge < -0.3 is 0 Å². The van der Waals surface area contributed by atoms with E-state index in [-0.39, 0.29) is 11.1 Å². The molecule has 0 aliphatic carbocycles. The molecule has 0 aliphatic heterocycles. The van der Waals surface area contributed by atoms with Crippen LogP contribution in [-0.2, 0) is 6.18 Å². The Labute approximate surface area is 146 Å². The molecule has 26 heavy (non-hydrogen) atoms. The first-order valence-electron chi connectivity index (χ1n) is 7.31. The van der Waals surface area contributed by atoms with E-state index in [2.05, 4.69) is 4.98 Å². The Hall–Kier alpha value is -3.23. The van der Waals surface area contributed by atoms with Crippen LogP contribution in [0.1, 0.15) is 36.8 Å². The van der Waals surface area contributed by atoms with Gasteiger partial charge in [0, 0.05) is 25.9 Å². The molecule has 0 radical (unpaired) electrons. The molecule has 136 valence electrons. The number of pyridine rings is 1. The fourth-order valence-electron chi connectivity index (χ4n) is 2.20. The first-order chi connectivity index (χ1) is 12.2. The average Bonchev–Trinajstić information content (AvgIpc) is 2.64. The number of halogens is 3. The molecule has 9 heteroatoms. The van der Waals surface area contributed by atoms with Crippen LogP contribution in [0.2, 0.25) is 0 Å². The van der Waals surface area contributed by atoms with Crippen LogP contribution in [0.5, 0.6) is 0 Å². The molecule has 0 N–H and O–H groups in total. The molecule has 1 aromatic carbocycles. The topological polar surface area (TPSA) is 70.6 Å². The number of alkyl halides is 3. The fourth-order valence-corrected chi connectivity index (χ4v) is 2.20. The van der Waals surface area contributed by atoms with E-state index in [9.17, 15) is 27.6 Å². The van der Waals surface area contributed by atoms with Crippen LogP contribution < -0.4 is 0 Å². The minimum atomic E-state index is -4.77. The van der Waals surface area contributed by atoms with Gasteiger partial charge in [0.2, 0.25) is 0 Å². The second kappa shape index (κ2) is 7.34. The molecular weight excluding hydrogens is 351 g/mol. The summed E-state index contributed by atoms with van der Waals surface area (Å²) in [4.78, 5) is 39.5. The third-order valence-electron chi connectivity index (χ3n) is 3.67. The molecule has 0 unspecified atom stereocenters. The van der Waals surface area contributed by atoms with Crippen molar-refractivity contribution in [1.29, 1.82) is 0 Å². The van der Waals surface area contributed by atoms with Crippen molar-refractivity contribution in [3.63, 3.8) is 0 Å². The Bertz CT molecular complexity index is 852. The van der Waals surface area contributed by atoms with Crippen LogP contribution in [0, 0.1) is 0 Å². The average molecular weight is 365 g/mol. The van der Waals surface area contributed by atoms with Crippen molar-refractivity contribution in [3.05, 3.63) is 65.0 Å². The summed E-state index contributed by atoms with van der Waals surface area (Å²) >= 11 is 0. The second-order valence-electron chi connectivity index (χ2n) is 5.26. The minimum absolute atomic E-state index is 0.0155. The highest BCUT2D eigenvalue weighted by molar-refractivity contribution is 6.03. The van der Waals surface area contributed by atoms with Gasteiger partial charge in [0.15, 0.2) is 6.29 Å². The number of amides is 2. The van der Waals surface area contributed by atoms with Gasteiger partial charge in [0.1, 0.15) is 5.69 Å². The van der Waals surface area contributed by atoms with Gasteiger partial charge in [-0.25, -0.2) is 5.01 Å². The zero-order valence-electron chi connectivity index (χ0n) is 13.8. The van der Waals surface area contributed by atoms with E-state index in [1.807, 2.05) is 0 Å². The Kier molecular flexibility index (Phi) is 5.39. The van der Waals surface area contributed by atoms with E-state index < -0.39 is 29.2 Å². The van der Waals surface area contributed by atoms with Crippen molar-refractivity contribution in [3.8, 4) is 0 Å². The smallest absolute Gasteiger partial charge is 0.298 e. The van der Waals surface area contributed by atoms with Crippen molar-refractivity contribution in [1.82, 2.24) is 15.0 Å². The quantitative estimate of drug-likeness (QED) is 0.619. The van der Waals surface area contributed by atoms with Crippen molar-refractivity contribution in [2.24, 2.45) is 0 Å². The summed E-state index contributed by atoms with van der Waals surface area (Å²) in [5.74, 6) is -1.84. The van der Waals surface area contributed by atoms with Crippen LogP contribution in [0.25, 0.3) is 0 Å². The summed E-state index contributed by atoms with van der Waals surface area (Å²) in [5.41, 5.74) is -1.92. The molecule has 0 atom stereocenters. The number of benzene rings is 1. The van der Waals surface area contributed by atoms with Crippen LogP contribution in [0.15, 0.2) is 42.6 Å². The molecule has 0 saturated carbocycles. The number of aromatic nitrogens is 1. The molecule has 0 saturated heterocycles. The van der Waals surface area contributed by atoms with Gasteiger partial charge in [-0.1, -0.05) is 18.2 Å². The second-order valence-corrected chi connectivity index (χ2v) is 5.26. The normalized spacial score (nSPS) is 11.0. The number of carbonyl (C=O) groups is 3. The summed E-state index contributed by atoms with van der Waals surface area (Å²) in [6, 6.07) is 7.67. The van der Waals surface area contributed by atoms with E-state index in [0.717, 1.165) is 30.4 Å². The summed E-state index contributed by atoms with van der Waals surface area (Å²) < 4.78 is 39.2. The van der Waals surface area contributed by atoms with Crippen molar-refractivity contribution in [2.75, 3.05) is 14.1 Å². The predicted molar refractivity (Wildman–Crippen MR) is 85.3 cm³/mol. The molecule has 0 aliphatic rings. The largest absolute Gasteiger partial charge is 0.418 e. The van der Waals surface area contributed by atoms with Gasteiger partial charge >= 0.3 is 6.18 Å². The van der Waals surface area contributed by atoms with Gasteiger partial charge in [0.05, 0.1) is 11.1 Å². The van der Waals surface area contributed by atoms with Crippen LogP contribution in [0.3, 0.4) is 0 Å². The van der Waals surface area contributed by atoms with E-state index in [0.29, 0.717) is 11.3 Å². The monoisotopic (exact) mass is 365 g/mol. The third kappa shape index (κ3) is 3.71. The number of aldehydes is 1. The zero-order valence-corrected chi connectivity index (χ0v) is 13.8. The maximum absolute atomic E-state index is 13.1. The maximum atomic E-state index is 13.1. The lowest BCUT2D eigenvalue weighted by Crippen LogP contribution is -2.45. The third-order valence-corrected chi connectivity index (χ3v) is 3.67. The molecule has 2 aromatic rings. The number of hydrogen-bond donors (Lipinski definition) is 0. The van der Waals surface area contributed by atoms with Gasteiger partial charge in [0.25, 0.3) is 11.8 Å². The number of hydrogen-bond acceptors (Lipinski definition) is 4.